The van der Waals surface area contributed by atoms with E-state index in [1.165, 1.54) is 0 Å². The minimum absolute atomic E-state index is 0.157. The van der Waals surface area contributed by atoms with Crippen molar-refractivity contribution in [3.05, 3.63) is 42.9 Å². The Hall–Kier alpha value is -2.90. The lowest BCUT2D eigenvalue weighted by atomic mass is 10.4. The molecule has 102 valence electrons. The summed E-state index contributed by atoms with van der Waals surface area (Å²) in [5, 5.41) is 0. The maximum absolute atomic E-state index is 5.73. The molecule has 0 aliphatic rings. The van der Waals surface area contributed by atoms with Gasteiger partial charge >= 0.3 is 0 Å². The number of rotatable bonds is 4. The fourth-order valence-electron chi connectivity index (χ4n) is 1.74. The summed E-state index contributed by atoms with van der Waals surface area (Å²) >= 11 is 0. The van der Waals surface area contributed by atoms with Crippen molar-refractivity contribution in [3.8, 4) is 5.95 Å². The molecular weight excluding hydrogens is 258 g/mol. The average molecular weight is 271 g/mol. The Bertz CT molecular complexity index is 678. The van der Waals surface area contributed by atoms with E-state index in [1.54, 1.807) is 29.6 Å². The number of nitrogen functional groups attached to an aromatic ring is 1. The van der Waals surface area contributed by atoms with Crippen molar-refractivity contribution in [2.75, 3.05) is 17.7 Å². The zero-order chi connectivity index (χ0) is 13.9. The first-order valence-electron chi connectivity index (χ1n) is 5.96. The number of imidazole rings is 1. The summed E-state index contributed by atoms with van der Waals surface area (Å²) in [6, 6.07) is 3.72. The zero-order valence-corrected chi connectivity index (χ0v) is 10.8. The molecule has 2 N–H and O–H groups in total. The number of nitrogens with two attached hydrogens (primary N) is 1. The maximum Gasteiger partial charge on any atom is 0.241 e. The molecule has 3 rings (SSSR count). The Balaban J connectivity index is 1.89. The minimum Gasteiger partial charge on any atom is -0.467 e. The molecule has 0 fully saturated rings. The molecule has 8 heteroatoms. The summed E-state index contributed by atoms with van der Waals surface area (Å²) in [5.74, 6) is 1.87. The summed E-state index contributed by atoms with van der Waals surface area (Å²) in [5.41, 5.74) is 5.73. The van der Waals surface area contributed by atoms with Crippen LogP contribution in [0.2, 0.25) is 0 Å². The Morgan fingerprint density at radius 3 is 2.95 bits per heavy atom. The SMILES string of the molecule is CN(Cc1ccco1)c1nc(N)nc(-n2ccnc2)n1. The number of hydrogen-bond acceptors (Lipinski definition) is 7. The van der Waals surface area contributed by atoms with Crippen LogP contribution in [0.3, 0.4) is 0 Å². The fourth-order valence-corrected chi connectivity index (χ4v) is 1.74. The first kappa shape index (κ1) is 12.2. The Labute approximate surface area is 114 Å². The van der Waals surface area contributed by atoms with Crippen molar-refractivity contribution in [1.82, 2.24) is 24.5 Å². The second-order valence-electron chi connectivity index (χ2n) is 4.20. The van der Waals surface area contributed by atoms with Crippen LogP contribution in [0.25, 0.3) is 5.95 Å². The predicted octanol–water partition coefficient (Wildman–Crippen LogP) is 0.869. The lowest BCUT2D eigenvalue weighted by molar-refractivity contribution is 0.506. The van der Waals surface area contributed by atoms with E-state index < -0.39 is 0 Å². The summed E-state index contributed by atoms with van der Waals surface area (Å²) in [6.45, 7) is 0.541. The molecule has 3 aromatic rings. The molecular formula is C12H13N7O. The molecule has 0 bridgehead atoms. The van der Waals surface area contributed by atoms with Crippen LogP contribution >= 0.6 is 0 Å². The van der Waals surface area contributed by atoms with Crippen LogP contribution in [0.4, 0.5) is 11.9 Å². The predicted molar refractivity (Wildman–Crippen MR) is 72.2 cm³/mol. The van der Waals surface area contributed by atoms with Gasteiger partial charge in [-0.2, -0.15) is 15.0 Å². The van der Waals surface area contributed by atoms with E-state index in [1.807, 2.05) is 24.1 Å². The smallest absolute Gasteiger partial charge is 0.241 e. The van der Waals surface area contributed by atoms with Crippen molar-refractivity contribution in [1.29, 1.82) is 0 Å². The highest BCUT2D eigenvalue weighted by Crippen LogP contribution is 2.13. The number of anilines is 2. The van der Waals surface area contributed by atoms with Crippen molar-refractivity contribution in [2.24, 2.45) is 0 Å². The molecule has 0 spiro atoms. The van der Waals surface area contributed by atoms with Gasteiger partial charge in [-0.1, -0.05) is 0 Å². The molecule has 0 saturated heterocycles. The summed E-state index contributed by atoms with van der Waals surface area (Å²) in [4.78, 5) is 18.4. The third kappa shape index (κ3) is 2.44. The van der Waals surface area contributed by atoms with Gasteiger partial charge in [-0.15, -0.1) is 0 Å². The normalized spacial score (nSPS) is 10.7. The van der Waals surface area contributed by atoms with E-state index in [9.17, 15) is 0 Å². The van der Waals surface area contributed by atoms with E-state index in [2.05, 4.69) is 19.9 Å². The molecule has 8 nitrogen and oxygen atoms in total. The summed E-state index contributed by atoms with van der Waals surface area (Å²) in [7, 11) is 1.86. The molecule has 0 aliphatic carbocycles. The van der Waals surface area contributed by atoms with Crippen molar-refractivity contribution in [3.63, 3.8) is 0 Å². The van der Waals surface area contributed by atoms with Gasteiger partial charge in [-0.05, 0) is 12.1 Å². The molecule has 0 saturated carbocycles. The minimum atomic E-state index is 0.157. The van der Waals surface area contributed by atoms with Gasteiger partial charge in [0.05, 0.1) is 12.8 Å². The molecule has 0 radical (unpaired) electrons. The quantitative estimate of drug-likeness (QED) is 0.751. The van der Waals surface area contributed by atoms with Crippen molar-refractivity contribution >= 4 is 11.9 Å². The van der Waals surface area contributed by atoms with E-state index in [4.69, 9.17) is 10.2 Å². The average Bonchev–Trinajstić information content (AvgIpc) is 3.11. The van der Waals surface area contributed by atoms with E-state index >= 15 is 0 Å². The number of hydrogen-bond donors (Lipinski definition) is 1. The number of nitrogens with zero attached hydrogens (tertiary/aromatic N) is 6. The standard InChI is InChI=1S/C12H13N7O/c1-18(7-9-3-2-6-20-9)11-15-10(13)16-12(17-11)19-5-4-14-8-19/h2-6,8H,7H2,1H3,(H2,13,15,16,17). The fraction of sp³-hybridized carbons (Fsp3) is 0.167. The van der Waals surface area contributed by atoms with Gasteiger partial charge in [0.15, 0.2) is 0 Å². The van der Waals surface area contributed by atoms with Gasteiger partial charge in [0, 0.05) is 19.4 Å². The molecule has 0 atom stereocenters. The van der Waals surface area contributed by atoms with Crippen molar-refractivity contribution < 1.29 is 4.42 Å². The molecule has 0 aromatic carbocycles. The first-order valence-corrected chi connectivity index (χ1v) is 5.96. The van der Waals surface area contributed by atoms with Crippen molar-refractivity contribution in [2.45, 2.75) is 6.54 Å². The molecule has 0 amide bonds. The van der Waals surface area contributed by atoms with E-state index in [0.717, 1.165) is 5.76 Å². The Morgan fingerprint density at radius 2 is 2.25 bits per heavy atom. The highest BCUT2D eigenvalue weighted by atomic mass is 16.3. The van der Waals surface area contributed by atoms with Crippen LogP contribution in [-0.4, -0.2) is 31.6 Å². The van der Waals surface area contributed by atoms with Gasteiger partial charge in [-0.3, -0.25) is 4.57 Å². The van der Waals surface area contributed by atoms with Crippen LogP contribution in [0.1, 0.15) is 5.76 Å². The monoisotopic (exact) mass is 271 g/mol. The van der Waals surface area contributed by atoms with Gasteiger partial charge in [0.1, 0.15) is 12.1 Å². The van der Waals surface area contributed by atoms with Crippen LogP contribution in [0.15, 0.2) is 41.5 Å². The van der Waals surface area contributed by atoms with Gasteiger partial charge in [-0.25, -0.2) is 4.98 Å². The van der Waals surface area contributed by atoms with Gasteiger partial charge < -0.3 is 15.1 Å². The molecule has 0 aliphatic heterocycles. The topological polar surface area (TPSA) is 98.9 Å². The van der Waals surface area contributed by atoms with Crippen LogP contribution in [-0.2, 0) is 6.54 Å². The molecule has 3 aromatic heterocycles. The van der Waals surface area contributed by atoms with Gasteiger partial charge in [0.2, 0.25) is 17.8 Å². The third-order valence-electron chi connectivity index (χ3n) is 2.68. The van der Waals surface area contributed by atoms with E-state index in [-0.39, 0.29) is 5.95 Å². The second-order valence-corrected chi connectivity index (χ2v) is 4.20. The van der Waals surface area contributed by atoms with Gasteiger partial charge in [0.25, 0.3) is 0 Å². The Morgan fingerprint density at radius 1 is 1.35 bits per heavy atom. The highest BCUT2D eigenvalue weighted by Gasteiger charge is 2.11. The lowest BCUT2D eigenvalue weighted by Gasteiger charge is -2.16. The third-order valence-corrected chi connectivity index (χ3v) is 2.68. The maximum atomic E-state index is 5.73. The molecule has 0 unspecified atom stereocenters. The molecule has 3 heterocycles. The van der Waals surface area contributed by atoms with Crippen LogP contribution in [0, 0.1) is 0 Å². The van der Waals surface area contributed by atoms with Crippen LogP contribution < -0.4 is 10.6 Å². The Kier molecular flexibility index (Phi) is 3.04. The first-order chi connectivity index (χ1) is 9.72. The largest absolute Gasteiger partial charge is 0.467 e. The zero-order valence-electron chi connectivity index (χ0n) is 10.8. The number of furan rings is 1. The summed E-state index contributed by atoms with van der Waals surface area (Å²) in [6.07, 6.45) is 6.62. The van der Waals surface area contributed by atoms with Crippen LogP contribution in [0.5, 0.6) is 0 Å². The molecule has 20 heavy (non-hydrogen) atoms. The second kappa shape index (κ2) is 5.00. The lowest BCUT2D eigenvalue weighted by Crippen LogP contribution is -2.21. The summed E-state index contributed by atoms with van der Waals surface area (Å²) < 4.78 is 6.97. The number of aromatic nitrogens is 5. The van der Waals surface area contributed by atoms with E-state index in [0.29, 0.717) is 18.4 Å². The highest BCUT2D eigenvalue weighted by molar-refractivity contribution is 5.37.